The molecule has 2 rings (SSSR count). The molecule has 3 nitrogen and oxygen atoms in total. The number of nitrogens with two attached hydrogens (primary N) is 1. The van der Waals surface area contributed by atoms with Crippen LogP contribution in [0.3, 0.4) is 0 Å². The summed E-state index contributed by atoms with van der Waals surface area (Å²) in [4.78, 5) is 2.42. The van der Waals surface area contributed by atoms with Gasteiger partial charge in [-0.15, -0.1) is 0 Å². The van der Waals surface area contributed by atoms with Gasteiger partial charge in [0.1, 0.15) is 0 Å². The first-order valence-electron chi connectivity index (χ1n) is 6.97. The van der Waals surface area contributed by atoms with Crippen LogP contribution in [0.2, 0.25) is 0 Å². The number of benzene rings is 1. The molecule has 3 N–H and O–H groups in total. The fraction of sp³-hybridized carbons (Fsp3) is 0.600. The van der Waals surface area contributed by atoms with E-state index < -0.39 is 0 Å². The third-order valence-electron chi connectivity index (χ3n) is 3.79. The molecule has 0 spiro atoms. The van der Waals surface area contributed by atoms with Gasteiger partial charge in [-0.3, -0.25) is 4.90 Å². The maximum absolute atomic E-state index is 10.2. The predicted molar refractivity (Wildman–Crippen MR) is 74.2 cm³/mol. The first kappa shape index (κ1) is 13.5. The van der Waals surface area contributed by atoms with Crippen LogP contribution in [0.25, 0.3) is 0 Å². The topological polar surface area (TPSA) is 49.5 Å². The highest BCUT2D eigenvalue weighted by Crippen LogP contribution is 2.23. The number of aliphatic hydroxyl groups excluding tert-OH is 1. The van der Waals surface area contributed by atoms with Crippen molar-refractivity contribution in [1.82, 2.24) is 4.90 Å². The molecular weight excluding hydrogens is 224 g/mol. The van der Waals surface area contributed by atoms with Crippen LogP contribution in [0.15, 0.2) is 30.3 Å². The number of piperidine rings is 1. The van der Waals surface area contributed by atoms with E-state index in [1.54, 1.807) is 0 Å². The van der Waals surface area contributed by atoms with E-state index >= 15 is 0 Å². The van der Waals surface area contributed by atoms with Crippen LogP contribution >= 0.6 is 0 Å². The summed E-state index contributed by atoms with van der Waals surface area (Å²) in [6.07, 6.45) is 3.83. The molecule has 1 fully saturated rings. The average Bonchev–Trinajstić information content (AvgIpc) is 2.39. The molecule has 3 heteroatoms. The molecule has 0 bridgehead atoms. The second kappa shape index (κ2) is 6.88. The van der Waals surface area contributed by atoms with Crippen LogP contribution in [0.5, 0.6) is 0 Å². The zero-order valence-corrected chi connectivity index (χ0v) is 11.0. The molecule has 0 aliphatic carbocycles. The molecule has 0 radical (unpaired) electrons. The third-order valence-corrected chi connectivity index (χ3v) is 3.79. The number of aliphatic hydroxyl groups is 1. The summed E-state index contributed by atoms with van der Waals surface area (Å²) in [7, 11) is 0. The molecule has 100 valence electrons. The summed E-state index contributed by atoms with van der Waals surface area (Å²) in [5.74, 6) is 0. The predicted octanol–water partition coefficient (Wildman–Crippen LogP) is 1.75. The van der Waals surface area contributed by atoms with Crippen molar-refractivity contribution < 1.29 is 5.11 Å². The Morgan fingerprint density at radius 2 is 2.06 bits per heavy atom. The molecule has 1 aromatic rings. The van der Waals surface area contributed by atoms with Crippen LogP contribution in [-0.2, 0) is 6.54 Å². The largest absolute Gasteiger partial charge is 0.391 e. The van der Waals surface area contributed by atoms with Crippen LogP contribution in [-0.4, -0.2) is 35.2 Å². The van der Waals surface area contributed by atoms with Gasteiger partial charge in [-0.1, -0.05) is 30.3 Å². The van der Waals surface area contributed by atoms with Crippen molar-refractivity contribution in [3.63, 3.8) is 0 Å². The molecule has 1 aliphatic heterocycles. The standard InChI is InChI=1S/C15H24N2O/c16-10-4-8-14-15(18)9-5-11-17(14)12-13-6-2-1-3-7-13/h1-3,6-7,14-15,18H,4-5,8-12,16H2. The summed E-state index contributed by atoms with van der Waals surface area (Å²) >= 11 is 0. The maximum atomic E-state index is 10.2. The lowest BCUT2D eigenvalue weighted by Gasteiger charge is -2.39. The smallest absolute Gasteiger partial charge is 0.0696 e. The Morgan fingerprint density at radius 3 is 2.78 bits per heavy atom. The Balaban J connectivity index is 1.99. The quantitative estimate of drug-likeness (QED) is 0.834. The Bertz CT molecular complexity index is 342. The van der Waals surface area contributed by atoms with E-state index in [-0.39, 0.29) is 12.1 Å². The molecule has 0 amide bonds. The van der Waals surface area contributed by atoms with Gasteiger partial charge in [0.15, 0.2) is 0 Å². The van der Waals surface area contributed by atoms with Crippen LogP contribution < -0.4 is 5.73 Å². The first-order valence-corrected chi connectivity index (χ1v) is 6.97. The van der Waals surface area contributed by atoms with Crippen molar-refractivity contribution in [2.75, 3.05) is 13.1 Å². The molecule has 1 aliphatic rings. The van der Waals surface area contributed by atoms with Crippen molar-refractivity contribution in [3.05, 3.63) is 35.9 Å². The maximum Gasteiger partial charge on any atom is 0.0696 e. The van der Waals surface area contributed by atoms with E-state index in [2.05, 4.69) is 29.2 Å². The van der Waals surface area contributed by atoms with E-state index in [4.69, 9.17) is 5.73 Å². The fourth-order valence-electron chi connectivity index (χ4n) is 2.82. The summed E-state index contributed by atoms with van der Waals surface area (Å²) in [6, 6.07) is 10.8. The molecule has 1 saturated heterocycles. The molecule has 0 aromatic heterocycles. The van der Waals surface area contributed by atoms with Crippen molar-refractivity contribution in [2.24, 2.45) is 5.73 Å². The first-order chi connectivity index (χ1) is 8.81. The van der Waals surface area contributed by atoms with Crippen molar-refractivity contribution in [2.45, 2.75) is 44.4 Å². The Kier molecular flexibility index (Phi) is 5.17. The second-order valence-electron chi connectivity index (χ2n) is 5.16. The lowest BCUT2D eigenvalue weighted by atomic mass is 9.94. The van der Waals surface area contributed by atoms with E-state index in [1.165, 1.54) is 5.56 Å². The zero-order valence-electron chi connectivity index (χ0n) is 11.0. The highest BCUT2D eigenvalue weighted by Gasteiger charge is 2.29. The molecule has 2 unspecified atom stereocenters. The Labute approximate surface area is 110 Å². The van der Waals surface area contributed by atoms with Gasteiger partial charge < -0.3 is 10.8 Å². The minimum absolute atomic E-state index is 0.186. The van der Waals surface area contributed by atoms with Gasteiger partial charge in [0.05, 0.1) is 6.10 Å². The summed E-state index contributed by atoms with van der Waals surface area (Å²) in [5, 5.41) is 10.2. The molecule has 1 heterocycles. The van der Waals surface area contributed by atoms with Gasteiger partial charge in [0.2, 0.25) is 0 Å². The van der Waals surface area contributed by atoms with Gasteiger partial charge in [0.25, 0.3) is 0 Å². The van der Waals surface area contributed by atoms with E-state index in [9.17, 15) is 5.11 Å². The van der Waals surface area contributed by atoms with E-state index in [1.807, 2.05) is 6.07 Å². The van der Waals surface area contributed by atoms with Gasteiger partial charge >= 0.3 is 0 Å². The average molecular weight is 248 g/mol. The molecule has 1 aromatic carbocycles. The lowest BCUT2D eigenvalue weighted by molar-refractivity contribution is 0.00194. The molecular formula is C15H24N2O. The molecule has 2 atom stereocenters. The SMILES string of the molecule is NCCCC1C(O)CCCN1Cc1ccccc1. The highest BCUT2D eigenvalue weighted by atomic mass is 16.3. The van der Waals surface area contributed by atoms with Gasteiger partial charge in [-0.05, 0) is 44.3 Å². The van der Waals surface area contributed by atoms with E-state index in [0.29, 0.717) is 6.54 Å². The van der Waals surface area contributed by atoms with Gasteiger partial charge in [0, 0.05) is 12.6 Å². The second-order valence-corrected chi connectivity index (χ2v) is 5.16. The Hall–Kier alpha value is -0.900. The van der Waals surface area contributed by atoms with Crippen molar-refractivity contribution in [3.8, 4) is 0 Å². The number of hydrogen-bond acceptors (Lipinski definition) is 3. The van der Waals surface area contributed by atoms with Gasteiger partial charge in [-0.25, -0.2) is 0 Å². The van der Waals surface area contributed by atoms with Crippen molar-refractivity contribution >= 4 is 0 Å². The van der Waals surface area contributed by atoms with Gasteiger partial charge in [-0.2, -0.15) is 0 Å². The highest BCUT2D eigenvalue weighted by molar-refractivity contribution is 5.14. The number of rotatable bonds is 5. The minimum Gasteiger partial charge on any atom is -0.391 e. The normalized spacial score (nSPS) is 25.2. The molecule has 0 saturated carbocycles. The minimum atomic E-state index is -0.186. The summed E-state index contributed by atoms with van der Waals surface area (Å²) in [5.41, 5.74) is 6.91. The van der Waals surface area contributed by atoms with Crippen LogP contribution in [0, 0.1) is 0 Å². The lowest BCUT2D eigenvalue weighted by Crippen LogP contribution is -2.47. The summed E-state index contributed by atoms with van der Waals surface area (Å²) in [6.45, 7) is 2.73. The third kappa shape index (κ3) is 3.55. The monoisotopic (exact) mass is 248 g/mol. The number of nitrogens with zero attached hydrogens (tertiary/aromatic N) is 1. The molecule has 18 heavy (non-hydrogen) atoms. The zero-order chi connectivity index (χ0) is 12.8. The fourth-order valence-corrected chi connectivity index (χ4v) is 2.82. The van der Waals surface area contributed by atoms with Crippen LogP contribution in [0.1, 0.15) is 31.2 Å². The Morgan fingerprint density at radius 1 is 1.28 bits per heavy atom. The number of hydrogen-bond donors (Lipinski definition) is 2. The summed E-state index contributed by atoms with van der Waals surface area (Å²) < 4.78 is 0. The number of likely N-dealkylation sites (tertiary alicyclic amines) is 1. The van der Waals surface area contributed by atoms with Crippen LogP contribution in [0.4, 0.5) is 0 Å². The van der Waals surface area contributed by atoms with E-state index in [0.717, 1.165) is 38.8 Å². The van der Waals surface area contributed by atoms with Crippen molar-refractivity contribution in [1.29, 1.82) is 0 Å².